The van der Waals surface area contributed by atoms with E-state index in [1.807, 2.05) is 0 Å². The van der Waals surface area contributed by atoms with Gasteiger partial charge < -0.3 is 4.74 Å². The zero-order valence-electron chi connectivity index (χ0n) is 9.78. The second-order valence-electron chi connectivity index (χ2n) is 4.45. The van der Waals surface area contributed by atoms with Crippen LogP contribution in [0.4, 0.5) is 10.1 Å². The number of carbonyl (C=O) groups excluding carboxylic acids is 1. The molecule has 18 heavy (non-hydrogen) atoms. The summed E-state index contributed by atoms with van der Waals surface area (Å²) < 4.78 is 18.0. The van der Waals surface area contributed by atoms with Gasteiger partial charge in [-0.15, -0.1) is 0 Å². The summed E-state index contributed by atoms with van der Waals surface area (Å²) in [6, 6.07) is 5.81. The number of halogens is 1. The maximum absolute atomic E-state index is 12.8. The molecule has 1 heterocycles. The van der Waals surface area contributed by atoms with Gasteiger partial charge in [-0.05, 0) is 49.9 Å². The summed E-state index contributed by atoms with van der Waals surface area (Å²) in [7, 11) is 0. The molecule has 4 heteroatoms. The number of hydrogen-bond donors (Lipinski definition) is 0. The molecule has 0 N–H and O–H groups in total. The first-order chi connectivity index (χ1) is 8.74. The van der Waals surface area contributed by atoms with E-state index in [0.29, 0.717) is 11.6 Å². The van der Waals surface area contributed by atoms with Crippen molar-refractivity contribution >= 4 is 17.6 Å². The van der Waals surface area contributed by atoms with Gasteiger partial charge in [-0.2, -0.15) is 0 Å². The van der Waals surface area contributed by atoms with Gasteiger partial charge in [-0.25, -0.2) is 14.2 Å². The molecule has 0 bridgehead atoms. The number of carbonyl (C=O) groups is 1. The molecule has 0 unspecified atom stereocenters. The minimum absolute atomic E-state index is 0.273. The highest BCUT2D eigenvalue weighted by Crippen LogP contribution is 2.33. The molecule has 2 aliphatic rings. The van der Waals surface area contributed by atoms with Crippen molar-refractivity contribution in [3.63, 3.8) is 0 Å². The highest BCUT2D eigenvalue weighted by molar-refractivity contribution is 6.15. The van der Waals surface area contributed by atoms with Gasteiger partial charge in [-0.1, -0.05) is 0 Å². The highest BCUT2D eigenvalue weighted by atomic mass is 19.1. The van der Waals surface area contributed by atoms with Crippen LogP contribution in [-0.2, 0) is 9.53 Å². The van der Waals surface area contributed by atoms with Crippen LogP contribution < -0.4 is 0 Å². The first kappa shape index (κ1) is 11.1. The fraction of sp³-hybridized carbons (Fsp3) is 0.286. The Labute approximate surface area is 104 Å². The summed E-state index contributed by atoms with van der Waals surface area (Å²) in [6.45, 7) is 0. The van der Waals surface area contributed by atoms with Gasteiger partial charge in [0.15, 0.2) is 0 Å². The molecule has 1 aliphatic carbocycles. The second-order valence-corrected chi connectivity index (χ2v) is 4.45. The van der Waals surface area contributed by atoms with E-state index in [-0.39, 0.29) is 11.8 Å². The van der Waals surface area contributed by atoms with E-state index in [0.717, 1.165) is 36.8 Å². The van der Waals surface area contributed by atoms with Crippen LogP contribution in [-0.4, -0.2) is 11.9 Å². The third-order valence-corrected chi connectivity index (χ3v) is 3.22. The Hall–Kier alpha value is -1.97. The van der Waals surface area contributed by atoms with Gasteiger partial charge in [0.05, 0.1) is 5.69 Å². The molecule has 0 spiro atoms. The predicted molar refractivity (Wildman–Crippen MR) is 65.1 cm³/mol. The molecule has 92 valence electrons. The Morgan fingerprint density at radius 3 is 2.44 bits per heavy atom. The SMILES string of the molecule is O=C1OC(=Nc2ccc(F)cc2)C2=C1CCCC2. The molecular weight excluding hydrogens is 233 g/mol. The molecule has 1 aromatic carbocycles. The Morgan fingerprint density at radius 2 is 1.72 bits per heavy atom. The molecule has 0 radical (unpaired) electrons. The smallest absolute Gasteiger partial charge is 0.341 e. The van der Waals surface area contributed by atoms with Crippen LogP contribution >= 0.6 is 0 Å². The fourth-order valence-corrected chi connectivity index (χ4v) is 2.30. The topological polar surface area (TPSA) is 38.7 Å². The Balaban J connectivity index is 1.95. The molecule has 1 aliphatic heterocycles. The zero-order chi connectivity index (χ0) is 12.5. The van der Waals surface area contributed by atoms with E-state index in [9.17, 15) is 9.18 Å². The molecule has 0 atom stereocenters. The number of rotatable bonds is 1. The average Bonchev–Trinajstić information content (AvgIpc) is 2.70. The zero-order valence-corrected chi connectivity index (χ0v) is 9.78. The summed E-state index contributed by atoms with van der Waals surface area (Å²) >= 11 is 0. The quantitative estimate of drug-likeness (QED) is 0.712. The van der Waals surface area contributed by atoms with Crippen molar-refractivity contribution in [2.75, 3.05) is 0 Å². The maximum atomic E-state index is 12.8. The van der Waals surface area contributed by atoms with Crippen LogP contribution in [0.3, 0.4) is 0 Å². The lowest BCUT2D eigenvalue weighted by Crippen LogP contribution is -2.02. The lowest BCUT2D eigenvalue weighted by molar-refractivity contribution is -0.130. The summed E-state index contributed by atoms with van der Waals surface area (Å²) in [5.41, 5.74) is 2.29. The summed E-state index contributed by atoms with van der Waals surface area (Å²) in [5.74, 6) is -0.188. The van der Waals surface area contributed by atoms with Crippen LogP contribution in [0.25, 0.3) is 0 Å². The van der Waals surface area contributed by atoms with Crippen molar-refractivity contribution in [3.05, 3.63) is 41.2 Å². The average molecular weight is 245 g/mol. The first-order valence-corrected chi connectivity index (χ1v) is 6.03. The Bertz CT molecular complexity index is 558. The number of esters is 1. The second kappa shape index (κ2) is 4.37. The molecule has 0 amide bonds. The largest absolute Gasteiger partial charge is 0.404 e. The van der Waals surface area contributed by atoms with E-state index >= 15 is 0 Å². The molecule has 0 aromatic heterocycles. The van der Waals surface area contributed by atoms with Gasteiger partial charge in [0.25, 0.3) is 0 Å². The molecule has 1 aromatic rings. The predicted octanol–water partition coefficient (Wildman–Crippen LogP) is 3.28. The molecule has 0 saturated carbocycles. The first-order valence-electron chi connectivity index (χ1n) is 6.03. The normalized spacial score (nSPS) is 21.2. The van der Waals surface area contributed by atoms with Crippen molar-refractivity contribution in [2.24, 2.45) is 4.99 Å². The molecule has 3 rings (SSSR count). The third-order valence-electron chi connectivity index (χ3n) is 3.22. The van der Waals surface area contributed by atoms with Gasteiger partial charge in [0, 0.05) is 11.1 Å². The van der Waals surface area contributed by atoms with E-state index in [2.05, 4.69) is 4.99 Å². The van der Waals surface area contributed by atoms with Crippen LogP contribution in [0, 0.1) is 5.82 Å². The third kappa shape index (κ3) is 1.94. The highest BCUT2D eigenvalue weighted by Gasteiger charge is 2.32. The van der Waals surface area contributed by atoms with Crippen LogP contribution in [0.15, 0.2) is 40.4 Å². The number of nitrogens with zero attached hydrogens (tertiary/aromatic N) is 1. The van der Waals surface area contributed by atoms with Gasteiger partial charge in [0.2, 0.25) is 5.90 Å². The van der Waals surface area contributed by atoms with Crippen LogP contribution in [0.1, 0.15) is 25.7 Å². The number of benzene rings is 1. The summed E-state index contributed by atoms with van der Waals surface area (Å²) in [5, 5.41) is 0. The minimum atomic E-state index is -0.306. The number of ether oxygens (including phenoxy) is 1. The lowest BCUT2D eigenvalue weighted by Gasteiger charge is -2.09. The van der Waals surface area contributed by atoms with E-state index < -0.39 is 0 Å². The molecule has 0 saturated heterocycles. The Kier molecular flexibility index (Phi) is 2.70. The molecule has 0 fully saturated rings. The Morgan fingerprint density at radius 1 is 1.06 bits per heavy atom. The van der Waals surface area contributed by atoms with Gasteiger partial charge in [-0.3, -0.25) is 0 Å². The van der Waals surface area contributed by atoms with Crippen molar-refractivity contribution < 1.29 is 13.9 Å². The fourth-order valence-electron chi connectivity index (χ4n) is 2.30. The van der Waals surface area contributed by atoms with Crippen molar-refractivity contribution in [1.82, 2.24) is 0 Å². The number of hydrogen-bond acceptors (Lipinski definition) is 3. The number of aliphatic imine (C=N–C) groups is 1. The van der Waals surface area contributed by atoms with Crippen molar-refractivity contribution in [1.29, 1.82) is 0 Å². The van der Waals surface area contributed by atoms with Gasteiger partial charge >= 0.3 is 5.97 Å². The summed E-state index contributed by atoms with van der Waals surface area (Å²) in [6.07, 6.45) is 3.69. The van der Waals surface area contributed by atoms with Crippen molar-refractivity contribution in [2.45, 2.75) is 25.7 Å². The van der Waals surface area contributed by atoms with Crippen LogP contribution in [0.2, 0.25) is 0 Å². The molecule has 3 nitrogen and oxygen atoms in total. The number of cyclic esters (lactones) is 1. The van der Waals surface area contributed by atoms with E-state index in [4.69, 9.17) is 4.74 Å². The monoisotopic (exact) mass is 245 g/mol. The molecular formula is C14H12FNO2. The van der Waals surface area contributed by atoms with Gasteiger partial charge in [0.1, 0.15) is 5.82 Å². The summed E-state index contributed by atoms with van der Waals surface area (Å²) in [4.78, 5) is 15.9. The van der Waals surface area contributed by atoms with E-state index in [1.165, 1.54) is 12.1 Å². The lowest BCUT2D eigenvalue weighted by atomic mass is 9.93. The maximum Gasteiger partial charge on any atom is 0.341 e. The minimum Gasteiger partial charge on any atom is -0.404 e. The van der Waals surface area contributed by atoms with Crippen LogP contribution in [0.5, 0.6) is 0 Å². The van der Waals surface area contributed by atoms with E-state index in [1.54, 1.807) is 12.1 Å². The van der Waals surface area contributed by atoms with Crippen molar-refractivity contribution in [3.8, 4) is 0 Å². The standard InChI is InChI=1S/C14H12FNO2/c15-9-5-7-10(8-6-9)16-13-11-3-1-2-4-12(11)14(17)18-13/h5-8H,1-4H2.